The number of ketones is 2. The molecule has 208 valence electrons. The Labute approximate surface area is 231 Å². The third kappa shape index (κ3) is 8.52. The molecule has 1 N–H and O–H groups in total. The molecule has 0 saturated heterocycles. The molecule has 10 nitrogen and oxygen atoms in total. The van der Waals surface area contributed by atoms with E-state index in [0.717, 1.165) is 0 Å². The van der Waals surface area contributed by atoms with E-state index in [-0.39, 0.29) is 30.0 Å². The summed E-state index contributed by atoms with van der Waals surface area (Å²) in [6, 6.07) is 18.7. The van der Waals surface area contributed by atoms with Crippen molar-refractivity contribution < 1.29 is 42.9 Å². The number of nitrogens with one attached hydrogen (secondary N) is 1. The number of carbonyl (C=O) groups excluding carboxylic acids is 5. The summed E-state index contributed by atoms with van der Waals surface area (Å²) < 4.78 is 20.4. The molecule has 1 unspecified atom stereocenters. The van der Waals surface area contributed by atoms with Gasteiger partial charge in [0.15, 0.2) is 18.5 Å². The molecule has 10 heteroatoms. The van der Waals surface area contributed by atoms with Crippen LogP contribution in [0.15, 0.2) is 72.8 Å². The van der Waals surface area contributed by atoms with Crippen molar-refractivity contribution >= 4 is 35.1 Å². The molecular weight excluding hydrogens is 518 g/mol. The van der Waals surface area contributed by atoms with Gasteiger partial charge in [-0.15, -0.1) is 0 Å². The van der Waals surface area contributed by atoms with Crippen LogP contribution in [0.2, 0.25) is 0 Å². The quantitative estimate of drug-likeness (QED) is 0.246. The minimum atomic E-state index is -1.01. The maximum Gasteiger partial charge on any atom is 0.338 e. The van der Waals surface area contributed by atoms with Crippen LogP contribution in [0.4, 0.5) is 5.69 Å². The number of methoxy groups -OCH3 is 2. The molecule has 0 aliphatic rings. The fraction of sp³-hybridized carbons (Fsp3) is 0.233. The van der Waals surface area contributed by atoms with E-state index in [0.29, 0.717) is 28.3 Å². The smallest absolute Gasteiger partial charge is 0.338 e. The largest absolute Gasteiger partial charge is 0.497 e. The monoisotopic (exact) mass is 547 g/mol. The van der Waals surface area contributed by atoms with Gasteiger partial charge in [0.05, 0.1) is 26.2 Å². The van der Waals surface area contributed by atoms with E-state index >= 15 is 0 Å². The first kappa shape index (κ1) is 29.6. The van der Waals surface area contributed by atoms with E-state index in [4.69, 9.17) is 18.9 Å². The number of anilines is 1. The van der Waals surface area contributed by atoms with Crippen molar-refractivity contribution in [2.75, 3.05) is 26.1 Å². The van der Waals surface area contributed by atoms with Gasteiger partial charge in [0.2, 0.25) is 11.7 Å². The van der Waals surface area contributed by atoms with Gasteiger partial charge in [-0.2, -0.15) is 0 Å². The Balaban J connectivity index is 1.40. The van der Waals surface area contributed by atoms with E-state index in [9.17, 15) is 24.0 Å². The first-order chi connectivity index (χ1) is 19.2. The molecule has 0 fully saturated rings. The third-order valence-corrected chi connectivity index (χ3v) is 5.76. The lowest BCUT2D eigenvalue weighted by molar-refractivity contribution is -0.147. The molecule has 0 aromatic heterocycles. The van der Waals surface area contributed by atoms with Crippen LogP contribution in [0.25, 0.3) is 0 Å². The number of ether oxygens (including phenoxy) is 4. The van der Waals surface area contributed by atoms with E-state index in [1.807, 2.05) is 0 Å². The molecule has 1 amide bonds. The van der Waals surface area contributed by atoms with Crippen LogP contribution in [-0.2, 0) is 19.1 Å². The van der Waals surface area contributed by atoms with Crippen LogP contribution in [-0.4, -0.2) is 56.3 Å². The van der Waals surface area contributed by atoms with Gasteiger partial charge in [0.25, 0.3) is 0 Å². The summed E-state index contributed by atoms with van der Waals surface area (Å²) in [5, 5.41) is 2.62. The Kier molecular flexibility index (Phi) is 10.5. The van der Waals surface area contributed by atoms with E-state index in [1.54, 1.807) is 48.5 Å². The normalized spacial score (nSPS) is 11.1. The highest BCUT2D eigenvalue weighted by Crippen LogP contribution is 2.16. The molecule has 3 aromatic rings. The van der Waals surface area contributed by atoms with Gasteiger partial charge >= 0.3 is 11.9 Å². The van der Waals surface area contributed by atoms with Crippen molar-refractivity contribution in [3.05, 3.63) is 89.5 Å². The van der Waals surface area contributed by atoms with Gasteiger partial charge < -0.3 is 24.3 Å². The predicted octanol–water partition coefficient (Wildman–Crippen LogP) is 4.28. The fourth-order valence-corrected chi connectivity index (χ4v) is 3.50. The number of esters is 2. The fourth-order valence-electron chi connectivity index (χ4n) is 3.50. The molecule has 40 heavy (non-hydrogen) atoms. The van der Waals surface area contributed by atoms with Crippen molar-refractivity contribution in [1.82, 2.24) is 0 Å². The van der Waals surface area contributed by atoms with Crippen LogP contribution < -0.4 is 14.8 Å². The van der Waals surface area contributed by atoms with Gasteiger partial charge in [-0.3, -0.25) is 19.2 Å². The first-order valence-electron chi connectivity index (χ1n) is 12.3. The SMILES string of the molecule is COc1ccc(C(=O)COC(=O)c2ccc(NC(=O)CCC(=O)OC(C)C(=O)c3ccc(OC)cc3)cc2)cc1. The highest BCUT2D eigenvalue weighted by atomic mass is 16.5. The van der Waals surface area contributed by atoms with E-state index < -0.39 is 30.6 Å². The second-order valence-corrected chi connectivity index (χ2v) is 8.58. The summed E-state index contributed by atoms with van der Waals surface area (Å²) in [7, 11) is 3.03. The maximum atomic E-state index is 12.4. The summed E-state index contributed by atoms with van der Waals surface area (Å²) in [6.07, 6.45) is -1.40. The summed E-state index contributed by atoms with van der Waals surface area (Å²) in [5.74, 6) is -1.37. The maximum absolute atomic E-state index is 12.4. The number of benzene rings is 3. The number of amides is 1. The molecule has 0 aliphatic heterocycles. The zero-order valence-corrected chi connectivity index (χ0v) is 22.3. The molecule has 3 aromatic carbocycles. The molecule has 0 bridgehead atoms. The molecule has 0 saturated carbocycles. The highest BCUT2D eigenvalue weighted by molar-refractivity contribution is 6.01. The van der Waals surface area contributed by atoms with Crippen molar-refractivity contribution in [2.45, 2.75) is 25.9 Å². The average Bonchev–Trinajstić information content (AvgIpc) is 2.98. The van der Waals surface area contributed by atoms with Crippen LogP contribution >= 0.6 is 0 Å². The number of carbonyl (C=O) groups is 5. The molecule has 3 rings (SSSR count). The molecule has 0 heterocycles. The Morgan fingerprint density at radius 1 is 0.700 bits per heavy atom. The second kappa shape index (κ2) is 14.2. The Morgan fingerprint density at radius 2 is 1.23 bits per heavy atom. The topological polar surface area (TPSA) is 134 Å². The standard InChI is InChI=1S/C30H29NO9/c1-19(29(35)21-8-14-25(38-3)15-9-21)40-28(34)17-16-27(33)31-23-10-4-22(5-11-23)30(36)39-18-26(32)20-6-12-24(37-2)13-7-20/h4-15,19H,16-18H2,1-3H3,(H,31,33). The summed E-state index contributed by atoms with van der Waals surface area (Å²) >= 11 is 0. The van der Waals surface area contributed by atoms with Crippen LogP contribution in [0.3, 0.4) is 0 Å². The molecule has 0 spiro atoms. The van der Waals surface area contributed by atoms with Gasteiger partial charge in [0, 0.05) is 23.2 Å². The Bertz CT molecular complexity index is 1350. The van der Waals surface area contributed by atoms with Crippen molar-refractivity contribution in [1.29, 1.82) is 0 Å². The minimum absolute atomic E-state index is 0.167. The lowest BCUT2D eigenvalue weighted by Gasteiger charge is -2.13. The number of hydrogen-bond acceptors (Lipinski definition) is 9. The predicted molar refractivity (Wildman–Crippen MR) is 145 cm³/mol. The van der Waals surface area contributed by atoms with Crippen molar-refractivity contribution in [2.24, 2.45) is 0 Å². The molecule has 1 atom stereocenters. The summed E-state index contributed by atoms with van der Waals surface area (Å²) in [4.78, 5) is 61.3. The molecule has 0 radical (unpaired) electrons. The highest BCUT2D eigenvalue weighted by Gasteiger charge is 2.20. The zero-order valence-electron chi connectivity index (χ0n) is 22.3. The first-order valence-corrected chi connectivity index (χ1v) is 12.3. The lowest BCUT2D eigenvalue weighted by Crippen LogP contribution is -2.25. The van der Waals surface area contributed by atoms with Gasteiger partial charge in [-0.05, 0) is 79.7 Å². The van der Waals surface area contributed by atoms with Crippen molar-refractivity contribution in [3.8, 4) is 11.5 Å². The van der Waals surface area contributed by atoms with Crippen LogP contribution in [0.5, 0.6) is 11.5 Å². The van der Waals surface area contributed by atoms with Gasteiger partial charge in [-0.25, -0.2) is 4.79 Å². The lowest BCUT2D eigenvalue weighted by atomic mass is 10.1. The summed E-state index contributed by atoms with van der Waals surface area (Å²) in [5.41, 5.74) is 1.34. The molecular formula is C30H29NO9. The zero-order chi connectivity index (χ0) is 29.1. The second-order valence-electron chi connectivity index (χ2n) is 8.58. The third-order valence-electron chi connectivity index (χ3n) is 5.76. The van der Waals surface area contributed by atoms with Crippen molar-refractivity contribution in [3.63, 3.8) is 0 Å². The van der Waals surface area contributed by atoms with Crippen LogP contribution in [0, 0.1) is 0 Å². The minimum Gasteiger partial charge on any atom is -0.497 e. The van der Waals surface area contributed by atoms with E-state index in [2.05, 4.69) is 5.32 Å². The van der Waals surface area contributed by atoms with Gasteiger partial charge in [-0.1, -0.05) is 0 Å². The van der Waals surface area contributed by atoms with E-state index in [1.165, 1.54) is 45.4 Å². The molecule has 0 aliphatic carbocycles. The number of Topliss-reactive ketones (excluding diaryl/α,β-unsaturated/α-hetero) is 2. The Hall–Kier alpha value is -4.99. The summed E-state index contributed by atoms with van der Waals surface area (Å²) in [6.45, 7) is 1.04. The Morgan fingerprint density at radius 3 is 1.77 bits per heavy atom. The van der Waals surface area contributed by atoms with Crippen LogP contribution in [0.1, 0.15) is 50.8 Å². The number of hydrogen-bond donors (Lipinski definition) is 1. The number of rotatable bonds is 13. The van der Waals surface area contributed by atoms with Gasteiger partial charge in [0.1, 0.15) is 11.5 Å². The average molecular weight is 548 g/mol.